The molecular weight excluding hydrogens is 266 g/mol. The third-order valence-electron chi connectivity index (χ3n) is 3.97. The van der Waals surface area contributed by atoms with Crippen LogP contribution in [0.15, 0.2) is 58.7 Å². The molecule has 0 spiro atoms. The summed E-state index contributed by atoms with van der Waals surface area (Å²) in [6.45, 7) is 2.40. The van der Waals surface area contributed by atoms with Crippen LogP contribution < -0.4 is 0 Å². The second-order valence-electron chi connectivity index (χ2n) is 5.13. The van der Waals surface area contributed by atoms with Gasteiger partial charge in [0.15, 0.2) is 0 Å². The van der Waals surface area contributed by atoms with Crippen LogP contribution in [0.1, 0.15) is 30.2 Å². The van der Waals surface area contributed by atoms with Crippen LogP contribution in [0.25, 0.3) is 0 Å². The van der Waals surface area contributed by atoms with Crippen molar-refractivity contribution in [2.24, 2.45) is 0 Å². The Balaban J connectivity index is 1.92. The van der Waals surface area contributed by atoms with Crippen molar-refractivity contribution in [2.45, 2.75) is 18.9 Å². The fourth-order valence-corrected chi connectivity index (χ4v) is 2.76. The topological polar surface area (TPSA) is 50.5 Å². The van der Waals surface area contributed by atoms with Crippen molar-refractivity contribution >= 4 is 11.8 Å². The van der Waals surface area contributed by atoms with Crippen LogP contribution in [0, 0.1) is 0 Å². The first kappa shape index (κ1) is 13.4. The zero-order chi connectivity index (χ0) is 14.8. The van der Waals surface area contributed by atoms with E-state index in [2.05, 4.69) is 0 Å². The van der Waals surface area contributed by atoms with Crippen molar-refractivity contribution in [1.29, 1.82) is 0 Å². The number of carbonyl (C=O) groups excluding carboxylic acids is 2. The van der Waals surface area contributed by atoms with Gasteiger partial charge in [-0.2, -0.15) is 0 Å². The second-order valence-corrected chi connectivity index (χ2v) is 5.13. The molecule has 1 fully saturated rings. The van der Waals surface area contributed by atoms with Crippen LogP contribution in [0.5, 0.6) is 0 Å². The molecule has 1 aromatic heterocycles. The smallest absolute Gasteiger partial charge is 0.262 e. The Bertz CT molecular complexity index is 684. The summed E-state index contributed by atoms with van der Waals surface area (Å²) in [7, 11) is 0. The fourth-order valence-electron chi connectivity index (χ4n) is 2.76. The summed E-state index contributed by atoms with van der Waals surface area (Å²) in [4.78, 5) is 25.3. The number of carbonyl (C=O) groups is 1. The summed E-state index contributed by atoms with van der Waals surface area (Å²) in [5.74, 6) is 1.83. The largest absolute Gasteiger partial charge is 0.469 e. The van der Waals surface area contributed by atoms with Gasteiger partial charge in [0.05, 0.1) is 18.2 Å². The maximum atomic E-state index is 12.4. The van der Waals surface area contributed by atoms with Gasteiger partial charge in [-0.1, -0.05) is 30.3 Å². The van der Waals surface area contributed by atoms with E-state index in [0.29, 0.717) is 12.3 Å². The first-order valence-corrected chi connectivity index (χ1v) is 6.86. The van der Waals surface area contributed by atoms with Gasteiger partial charge < -0.3 is 9.32 Å². The van der Waals surface area contributed by atoms with Crippen LogP contribution in [-0.2, 0) is 9.59 Å². The normalized spacial score (nSPS) is 19.7. The molecule has 1 aromatic carbocycles. The highest BCUT2D eigenvalue weighted by Crippen LogP contribution is 2.36. The van der Waals surface area contributed by atoms with E-state index < -0.39 is 0 Å². The van der Waals surface area contributed by atoms with Crippen molar-refractivity contribution in [3.63, 3.8) is 0 Å². The lowest BCUT2D eigenvalue weighted by Crippen LogP contribution is -2.28. The highest BCUT2D eigenvalue weighted by Gasteiger charge is 2.41. The molecule has 0 N–H and O–H groups in total. The predicted molar refractivity (Wildman–Crippen MR) is 77.2 cm³/mol. The minimum atomic E-state index is -0.337. The van der Waals surface area contributed by atoms with Crippen molar-refractivity contribution in [2.75, 3.05) is 6.54 Å². The van der Waals surface area contributed by atoms with E-state index in [1.807, 2.05) is 37.3 Å². The Morgan fingerprint density at radius 3 is 2.62 bits per heavy atom. The average molecular weight is 281 g/mol. The number of rotatable bonds is 3. The van der Waals surface area contributed by atoms with E-state index in [1.165, 1.54) is 0 Å². The van der Waals surface area contributed by atoms with Gasteiger partial charge >= 0.3 is 0 Å². The monoisotopic (exact) mass is 281 g/mol. The third-order valence-corrected chi connectivity index (χ3v) is 3.97. The molecule has 0 radical (unpaired) electrons. The van der Waals surface area contributed by atoms with Crippen LogP contribution >= 0.6 is 0 Å². The van der Waals surface area contributed by atoms with E-state index in [4.69, 9.17) is 4.42 Å². The van der Waals surface area contributed by atoms with Crippen LogP contribution in [-0.4, -0.2) is 23.3 Å². The maximum absolute atomic E-state index is 12.4. The summed E-state index contributed by atoms with van der Waals surface area (Å²) < 4.78 is 5.35. The molecule has 4 heteroatoms. The molecule has 0 unspecified atom stereocenters. The molecule has 1 aliphatic heterocycles. The van der Waals surface area contributed by atoms with E-state index in [9.17, 15) is 9.59 Å². The van der Waals surface area contributed by atoms with Gasteiger partial charge in [-0.3, -0.25) is 4.79 Å². The second kappa shape index (κ2) is 5.43. The summed E-state index contributed by atoms with van der Waals surface area (Å²) >= 11 is 0. The van der Waals surface area contributed by atoms with Gasteiger partial charge in [0, 0.05) is 6.54 Å². The molecule has 2 atom stereocenters. The number of furan rings is 1. The van der Waals surface area contributed by atoms with Crippen molar-refractivity contribution in [1.82, 2.24) is 4.90 Å². The zero-order valence-electron chi connectivity index (χ0n) is 11.7. The van der Waals surface area contributed by atoms with Crippen LogP contribution in [0.4, 0.5) is 0 Å². The first-order valence-electron chi connectivity index (χ1n) is 6.86. The summed E-state index contributed by atoms with van der Waals surface area (Å²) in [5.41, 5.74) is 1.18. The SMILES string of the molecule is C[C@H](c1ccccc1)N1C[C@H](c2ccco2)C(=C=O)C1=O. The Kier molecular flexibility index (Phi) is 3.46. The van der Waals surface area contributed by atoms with Gasteiger partial charge in [0.2, 0.25) is 0 Å². The molecule has 2 heterocycles. The molecular formula is C17H15NO3. The lowest BCUT2D eigenvalue weighted by atomic mass is 10.0. The van der Waals surface area contributed by atoms with Gasteiger partial charge in [0.1, 0.15) is 17.3 Å². The Hall–Kier alpha value is -2.58. The van der Waals surface area contributed by atoms with E-state index in [0.717, 1.165) is 5.56 Å². The van der Waals surface area contributed by atoms with Crippen LogP contribution in [0.2, 0.25) is 0 Å². The number of amides is 1. The average Bonchev–Trinajstić information content (AvgIpc) is 3.15. The minimum Gasteiger partial charge on any atom is -0.469 e. The van der Waals surface area contributed by atoms with Crippen molar-refractivity contribution in [3.05, 3.63) is 65.6 Å². The first-order chi connectivity index (χ1) is 10.2. The number of hydrogen-bond acceptors (Lipinski definition) is 3. The molecule has 1 aliphatic rings. The van der Waals surface area contributed by atoms with Gasteiger partial charge in [0.25, 0.3) is 5.91 Å². The molecule has 21 heavy (non-hydrogen) atoms. The molecule has 0 saturated carbocycles. The van der Waals surface area contributed by atoms with Crippen molar-refractivity contribution < 1.29 is 14.0 Å². The van der Waals surface area contributed by atoms with Gasteiger partial charge in [-0.25, -0.2) is 4.79 Å². The summed E-state index contributed by atoms with van der Waals surface area (Å²) in [6.07, 6.45) is 1.55. The van der Waals surface area contributed by atoms with Crippen LogP contribution in [0.3, 0.4) is 0 Å². The Morgan fingerprint density at radius 1 is 1.24 bits per heavy atom. The molecule has 3 rings (SSSR count). The van der Waals surface area contributed by atoms with E-state index in [1.54, 1.807) is 29.2 Å². The number of likely N-dealkylation sites (tertiary alicyclic amines) is 1. The molecule has 1 saturated heterocycles. The number of benzene rings is 1. The predicted octanol–water partition coefficient (Wildman–Crippen LogP) is 2.72. The standard InChI is InChI=1S/C17H15NO3/c1-12(13-6-3-2-4-7-13)18-10-14(15(11-19)17(18)20)16-8-5-9-21-16/h2-9,12,14H,10H2,1H3/t12-,14+/m1/s1. The zero-order valence-corrected chi connectivity index (χ0v) is 11.7. The molecule has 4 nitrogen and oxygen atoms in total. The highest BCUT2D eigenvalue weighted by atomic mass is 16.3. The summed E-state index contributed by atoms with van der Waals surface area (Å²) in [5, 5.41) is 0. The lowest BCUT2D eigenvalue weighted by molar-refractivity contribution is -0.126. The molecule has 2 aromatic rings. The van der Waals surface area contributed by atoms with Gasteiger partial charge in [-0.15, -0.1) is 0 Å². The fraction of sp³-hybridized carbons (Fsp3) is 0.235. The van der Waals surface area contributed by atoms with Gasteiger partial charge in [-0.05, 0) is 24.6 Å². The molecule has 1 amide bonds. The Morgan fingerprint density at radius 2 is 2.00 bits per heavy atom. The van der Waals surface area contributed by atoms with E-state index >= 15 is 0 Å². The highest BCUT2D eigenvalue weighted by molar-refractivity contribution is 6.04. The summed E-state index contributed by atoms with van der Waals surface area (Å²) in [6, 6.07) is 13.2. The minimum absolute atomic E-state index is 0.0954. The maximum Gasteiger partial charge on any atom is 0.262 e. The quantitative estimate of drug-likeness (QED) is 0.642. The molecule has 106 valence electrons. The van der Waals surface area contributed by atoms with Crippen molar-refractivity contribution in [3.8, 4) is 0 Å². The Labute approximate surface area is 122 Å². The number of nitrogens with zero attached hydrogens (tertiary/aromatic N) is 1. The third kappa shape index (κ3) is 2.30. The molecule has 0 aliphatic carbocycles. The number of hydrogen-bond donors (Lipinski definition) is 0. The lowest BCUT2D eigenvalue weighted by Gasteiger charge is -2.24. The molecule has 0 bridgehead atoms. The van der Waals surface area contributed by atoms with E-state index in [-0.39, 0.29) is 23.4 Å².